The summed E-state index contributed by atoms with van der Waals surface area (Å²) in [6.07, 6.45) is 9.23. The maximum absolute atomic E-state index is 13.0. The van der Waals surface area contributed by atoms with Crippen molar-refractivity contribution in [3.63, 3.8) is 0 Å². The van der Waals surface area contributed by atoms with E-state index in [1.54, 1.807) is 0 Å². The summed E-state index contributed by atoms with van der Waals surface area (Å²) in [5.41, 5.74) is 2.21. The summed E-state index contributed by atoms with van der Waals surface area (Å²) in [5.74, 6) is 0.842. The van der Waals surface area contributed by atoms with Crippen molar-refractivity contribution in [2.24, 2.45) is 0 Å². The molecule has 2 aromatic heterocycles. The summed E-state index contributed by atoms with van der Waals surface area (Å²) < 4.78 is 6.10. The van der Waals surface area contributed by atoms with Crippen LogP contribution in [0.4, 0.5) is 5.82 Å². The third kappa shape index (κ3) is 3.21. The minimum absolute atomic E-state index is 0.167. The minimum Gasteiger partial charge on any atom is -0.450 e. The number of hydrogen-bond acceptors (Lipinski definition) is 5. The number of hydrogen-bond donors (Lipinski definition) is 1. The second-order valence-electron chi connectivity index (χ2n) is 8.00. The Morgan fingerprint density at radius 2 is 1.75 bits per heavy atom. The zero-order valence-electron chi connectivity index (χ0n) is 16.1. The van der Waals surface area contributed by atoms with Crippen molar-refractivity contribution >= 4 is 33.8 Å². The Hall–Kier alpha value is -2.63. The zero-order chi connectivity index (χ0) is 18.9. The number of fused-ring (bicyclic) bond motifs is 3. The molecule has 0 spiro atoms. The van der Waals surface area contributed by atoms with Gasteiger partial charge in [-0.25, -0.2) is 9.97 Å². The van der Waals surface area contributed by atoms with Crippen molar-refractivity contribution in [2.45, 2.75) is 57.4 Å². The van der Waals surface area contributed by atoms with Crippen LogP contribution in [0.5, 0.6) is 0 Å². The number of para-hydroxylation sites is 1. The molecule has 1 saturated heterocycles. The topological polar surface area (TPSA) is 71.3 Å². The van der Waals surface area contributed by atoms with E-state index in [0.29, 0.717) is 5.58 Å². The molecule has 0 atom stereocenters. The van der Waals surface area contributed by atoms with E-state index in [9.17, 15) is 4.79 Å². The number of benzene rings is 1. The molecule has 3 heterocycles. The minimum atomic E-state index is -0.167. The Morgan fingerprint density at radius 3 is 2.54 bits per heavy atom. The quantitative estimate of drug-likeness (QED) is 0.683. The summed E-state index contributed by atoms with van der Waals surface area (Å²) in [6.45, 7) is 1.87. The average molecular weight is 378 g/mol. The highest BCUT2D eigenvalue weighted by Crippen LogP contribution is 2.34. The molecule has 2 fully saturated rings. The van der Waals surface area contributed by atoms with Crippen LogP contribution in [-0.2, 0) is 0 Å². The molecule has 6 heteroatoms. The van der Waals surface area contributed by atoms with E-state index >= 15 is 0 Å². The molecule has 1 N–H and O–H groups in total. The molecule has 0 unspecified atom stereocenters. The summed E-state index contributed by atoms with van der Waals surface area (Å²) in [4.78, 5) is 24.5. The fourth-order valence-corrected chi connectivity index (χ4v) is 4.49. The monoisotopic (exact) mass is 378 g/mol. The van der Waals surface area contributed by atoms with Crippen LogP contribution >= 0.6 is 0 Å². The van der Waals surface area contributed by atoms with Gasteiger partial charge in [-0.15, -0.1) is 0 Å². The van der Waals surface area contributed by atoms with Crippen molar-refractivity contribution in [3.05, 3.63) is 30.1 Å². The molecular weight excluding hydrogens is 352 g/mol. The molecule has 2 aliphatic rings. The van der Waals surface area contributed by atoms with E-state index in [0.717, 1.165) is 61.1 Å². The lowest BCUT2D eigenvalue weighted by atomic mass is 10.1. The van der Waals surface area contributed by atoms with Crippen LogP contribution < -0.4 is 10.2 Å². The fourth-order valence-electron chi connectivity index (χ4n) is 4.49. The molecule has 3 aromatic rings. The van der Waals surface area contributed by atoms with Gasteiger partial charge in [0, 0.05) is 24.5 Å². The Labute approximate surface area is 164 Å². The van der Waals surface area contributed by atoms with E-state index < -0.39 is 0 Å². The van der Waals surface area contributed by atoms with Crippen molar-refractivity contribution in [3.8, 4) is 0 Å². The Kier molecular flexibility index (Phi) is 4.63. The zero-order valence-corrected chi connectivity index (χ0v) is 16.1. The summed E-state index contributed by atoms with van der Waals surface area (Å²) in [7, 11) is 0. The molecule has 1 aliphatic carbocycles. The maximum Gasteiger partial charge on any atom is 0.289 e. The molecule has 6 nitrogen and oxygen atoms in total. The lowest BCUT2D eigenvalue weighted by Crippen LogP contribution is -2.35. The van der Waals surface area contributed by atoms with Gasteiger partial charge in [0.1, 0.15) is 11.1 Å². The number of anilines is 1. The van der Waals surface area contributed by atoms with Gasteiger partial charge in [0.2, 0.25) is 5.82 Å². The Bertz CT molecular complexity index is 998. The van der Waals surface area contributed by atoms with Gasteiger partial charge in [-0.2, -0.15) is 0 Å². The molecule has 1 aromatic carbocycles. The summed E-state index contributed by atoms with van der Waals surface area (Å²) >= 11 is 0. The summed E-state index contributed by atoms with van der Waals surface area (Å²) in [5, 5.41) is 4.12. The molecular formula is C22H26N4O2. The number of carbonyl (C=O) groups excluding carboxylic acids is 1. The number of aromatic nitrogens is 2. The van der Waals surface area contributed by atoms with E-state index in [-0.39, 0.29) is 17.8 Å². The Morgan fingerprint density at radius 1 is 1.00 bits per heavy atom. The van der Waals surface area contributed by atoms with Gasteiger partial charge >= 0.3 is 0 Å². The maximum atomic E-state index is 13.0. The number of carbonyl (C=O) groups is 1. The molecule has 1 amide bonds. The number of amides is 1. The van der Waals surface area contributed by atoms with Crippen LogP contribution in [0.1, 0.15) is 62.0 Å². The average Bonchev–Trinajstić information content (AvgIpc) is 3.30. The van der Waals surface area contributed by atoms with Crippen LogP contribution in [0.25, 0.3) is 22.1 Å². The van der Waals surface area contributed by atoms with Gasteiger partial charge in [0.15, 0.2) is 11.4 Å². The van der Waals surface area contributed by atoms with Crippen LogP contribution in [0.3, 0.4) is 0 Å². The SMILES string of the molecule is O=C(NC1CCCCCC1)c1nc(N2CCCC2)c2oc3ccccc3c2n1. The molecule has 5 rings (SSSR count). The second kappa shape index (κ2) is 7.41. The summed E-state index contributed by atoms with van der Waals surface area (Å²) in [6, 6.07) is 8.09. The highest BCUT2D eigenvalue weighted by molar-refractivity contribution is 6.07. The number of nitrogens with one attached hydrogen (secondary N) is 1. The van der Waals surface area contributed by atoms with E-state index in [1.165, 1.54) is 25.7 Å². The van der Waals surface area contributed by atoms with Gasteiger partial charge < -0.3 is 14.6 Å². The lowest BCUT2D eigenvalue weighted by Gasteiger charge is -2.18. The molecule has 1 saturated carbocycles. The predicted octanol–water partition coefficient (Wildman–Crippen LogP) is 4.43. The van der Waals surface area contributed by atoms with Crippen LogP contribution in [-0.4, -0.2) is 35.0 Å². The van der Waals surface area contributed by atoms with Crippen molar-refractivity contribution in [2.75, 3.05) is 18.0 Å². The first-order valence-electron chi connectivity index (χ1n) is 10.5. The highest BCUT2D eigenvalue weighted by atomic mass is 16.3. The molecule has 1 aliphatic heterocycles. The standard InChI is InChI=1S/C22H26N4O2/c27-22(23-15-9-3-1-2-4-10-15)20-24-18-16-11-5-6-12-17(16)28-19(18)21(25-20)26-13-7-8-14-26/h5-6,11-12,15H,1-4,7-10,13-14H2,(H,23,27). The van der Waals surface area contributed by atoms with Gasteiger partial charge in [0.05, 0.1) is 0 Å². The first kappa shape index (κ1) is 17.5. The van der Waals surface area contributed by atoms with Gasteiger partial charge in [-0.1, -0.05) is 37.8 Å². The van der Waals surface area contributed by atoms with E-state index in [4.69, 9.17) is 4.42 Å². The fraction of sp³-hybridized carbons (Fsp3) is 0.500. The van der Waals surface area contributed by atoms with Crippen LogP contribution in [0.2, 0.25) is 0 Å². The highest BCUT2D eigenvalue weighted by Gasteiger charge is 2.25. The first-order valence-corrected chi connectivity index (χ1v) is 10.5. The van der Waals surface area contributed by atoms with Crippen molar-refractivity contribution in [1.82, 2.24) is 15.3 Å². The van der Waals surface area contributed by atoms with Crippen LogP contribution in [0.15, 0.2) is 28.7 Å². The van der Waals surface area contributed by atoms with Gasteiger partial charge in [-0.3, -0.25) is 4.79 Å². The largest absolute Gasteiger partial charge is 0.450 e. The van der Waals surface area contributed by atoms with E-state index in [1.807, 2.05) is 24.3 Å². The smallest absolute Gasteiger partial charge is 0.289 e. The Balaban J connectivity index is 1.56. The third-order valence-electron chi connectivity index (χ3n) is 6.00. The molecule has 146 valence electrons. The number of rotatable bonds is 3. The number of furan rings is 1. The van der Waals surface area contributed by atoms with Gasteiger partial charge in [0.25, 0.3) is 5.91 Å². The third-order valence-corrected chi connectivity index (χ3v) is 6.00. The lowest BCUT2D eigenvalue weighted by molar-refractivity contribution is 0.0923. The predicted molar refractivity (Wildman–Crippen MR) is 110 cm³/mol. The van der Waals surface area contributed by atoms with Crippen molar-refractivity contribution < 1.29 is 9.21 Å². The normalized spacial score (nSPS) is 18.6. The van der Waals surface area contributed by atoms with Gasteiger partial charge in [-0.05, 0) is 37.8 Å². The first-order chi connectivity index (χ1) is 13.8. The number of nitrogens with zero attached hydrogens (tertiary/aromatic N) is 3. The van der Waals surface area contributed by atoms with E-state index in [2.05, 4.69) is 20.2 Å². The van der Waals surface area contributed by atoms with Crippen molar-refractivity contribution in [1.29, 1.82) is 0 Å². The van der Waals surface area contributed by atoms with Crippen LogP contribution in [0, 0.1) is 0 Å². The molecule has 28 heavy (non-hydrogen) atoms. The second-order valence-corrected chi connectivity index (χ2v) is 8.00. The molecule has 0 radical (unpaired) electrons. The molecule has 0 bridgehead atoms.